The number of aliphatic carboxylic acids is 1. The van der Waals surface area contributed by atoms with E-state index in [1.165, 1.54) is 12.1 Å². The monoisotopic (exact) mass is 327 g/mol. The van der Waals surface area contributed by atoms with E-state index in [9.17, 15) is 9.18 Å². The Bertz CT molecular complexity index is 764. The van der Waals surface area contributed by atoms with Crippen molar-refractivity contribution in [2.75, 3.05) is 7.11 Å². The number of carbonyl (C=O) groups is 1. The van der Waals surface area contributed by atoms with Gasteiger partial charge < -0.3 is 14.7 Å². The van der Waals surface area contributed by atoms with Crippen LogP contribution in [0, 0.1) is 11.7 Å². The predicted molar refractivity (Wildman–Crippen MR) is 88.3 cm³/mol. The van der Waals surface area contributed by atoms with E-state index in [1.54, 1.807) is 19.3 Å². The van der Waals surface area contributed by atoms with Crippen molar-refractivity contribution in [3.05, 3.63) is 83.6 Å². The third-order valence-electron chi connectivity index (χ3n) is 4.14. The van der Waals surface area contributed by atoms with E-state index >= 15 is 0 Å². The summed E-state index contributed by atoms with van der Waals surface area (Å²) < 4.78 is 18.7. The van der Waals surface area contributed by atoms with Gasteiger partial charge in [0.2, 0.25) is 0 Å². The van der Waals surface area contributed by atoms with Gasteiger partial charge in [0.05, 0.1) is 13.2 Å². The van der Waals surface area contributed by atoms with Crippen LogP contribution < -0.4 is 0 Å². The number of benzene rings is 1. The zero-order valence-electron chi connectivity index (χ0n) is 13.2. The molecule has 124 valence electrons. The average Bonchev–Trinajstić information content (AvgIpc) is 2.90. The first-order valence-corrected chi connectivity index (χ1v) is 7.65. The normalized spacial score (nSPS) is 22.3. The first-order chi connectivity index (χ1) is 11.6. The maximum atomic E-state index is 13.5. The van der Waals surface area contributed by atoms with Gasteiger partial charge in [-0.2, -0.15) is 0 Å². The summed E-state index contributed by atoms with van der Waals surface area (Å²) in [5, 5.41) is 8.90. The molecule has 0 radical (unpaired) electrons. The summed E-state index contributed by atoms with van der Waals surface area (Å²) in [6.07, 6.45) is 10.6. The molecule has 0 amide bonds. The molecule has 2 atom stereocenters. The molecule has 0 fully saturated rings. The molecule has 0 aromatic heterocycles. The van der Waals surface area contributed by atoms with Crippen LogP contribution in [0.5, 0.6) is 0 Å². The Morgan fingerprint density at radius 2 is 2.25 bits per heavy atom. The summed E-state index contributed by atoms with van der Waals surface area (Å²) >= 11 is 0. The molecule has 2 aliphatic rings. The number of halogens is 1. The molecule has 2 unspecified atom stereocenters. The third kappa shape index (κ3) is 3.40. The Morgan fingerprint density at radius 1 is 1.42 bits per heavy atom. The molecule has 0 spiro atoms. The maximum absolute atomic E-state index is 13.5. The van der Waals surface area contributed by atoms with Gasteiger partial charge in [-0.25, -0.2) is 9.18 Å². The molecule has 1 heterocycles. The largest absolute Gasteiger partial charge is 0.497 e. The minimum Gasteiger partial charge on any atom is -0.497 e. The number of methoxy groups -OCH3 is 1. The van der Waals surface area contributed by atoms with Crippen LogP contribution in [0.3, 0.4) is 0 Å². The molecular weight excluding hydrogens is 309 g/mol. The van der Waals surface area contributed by atoms with Gasteiger partial charge in [0.15, 0.2) is 0 Å². The second-order valence-electron chi connectivity index (χ2n) is 5.72. The molecule has 1 N–H and O–H groups in total. The van der Waals surface area contributed by atoms with Gasteiger partial charge in [-0.05, 0) is 35.9 Å². The van der Waals surface area contributed by atoms with Gasteiger partial charge >= 0.3 is 5.97 Å². The topological polar surface area (TPSA) is 49.8 Å². The van der Waals surface area contributed by atoms with Crippen molar-refractivity contribution in [1.82, 2.24) is 4.90 Å². The summed E-state index contributed by atoms with van der Waals surface area (Å²) in [6.45, 7) is 0.495. The fourth-order valence-electron chi connectivity index (χ4n) is 3.06. The molecule has 1 aromatic rings. The minimum absolute atomic E-state index is 0.0561. The number of fused-ring (bicyclic) bond motifs is 1. The first kappa shape index (κ1) is 16.1. The van der Waals surface area contributed by atoms with E-state index in [1.807, 2.05) is 30.4 Å². The maximum Gasteiger partial charge on any atom is 0.328 e. The predicted octanol–water partition coefficient (Wildman–Crippen LogP) is 3.25. The minimum atomic E-state index is -1.000. The lowest BCUT2D eigenvalue weighted by molar-refractivity contribution is -0.131. The van der Waals surface area contributed by atoms with Gasteiger partial charge in [0, 0.05) is 24.2 Å². The van der Waals surface area contributed by atoms with Crippen LogP contribution in [-0.4, -0.2) is 29.1 Å². The summed E-state index contributed by atoms with van der Waals surface area (Å²) in [4.78, 5) is 12.9. The SMILES string of the molecule is COC1=CC2C=C(/C=C/C(=O)O)N(Cc3cccc(F)c3)C2C=C1. The van der Waals surface area contributed by atoms with Crippen LogP contribution in [0.1, 0.15) is 5.56 Å². The number of carboxylic acid groups (broad SMARTS) is 1. The average molecular weight is 327 g/mol. The van der Waals surface area contributed by atoms with Crippen molar-refractivity contribution in [2.24, 2.45) is 5.92 Å². The summed E-state index contributed by atoms with van der Waals surface area (Å²) in [5.41, 5.74) is 1.63. The first-order valence-electron chi connectivity index (χ1n) is 7.65. The molecule has 5 heteroatoms. The molecule has 4 nitrogen and oxygen atoms in total. The lowest BCUT2D eigenvalue weighted by Gasteiger charge is -2.30. The Balaban J connectivity index is 1.89. The number of allylic oxidation sites excluding steroid dienone is 2. The molecule has 24 heavy (non-hydrogen) atoms. The molecule has 0 saturated heterocycles. The number of hydrogen-bond acceptors (Lipinski definition) is 3. The standard InChI is InChI=1S/C19H18FNO3/c1-24-17-6-7-18-14(11-17)10-16(5-8-19(22)23)21(18)12-13-3-2-4-15(20)9-13/h2-11,14,18H,12H2,1H3,(H,22,23)/b8-5+. The second-order valence-corrected chi connectivity index (χ2v) is 5.72. The van der Waals surface area contributed by atoms with Crippen molar-refractivity contribution < 1.29 is 19.0 Å². The fourth-order valence-corrected chi connectivity index (χ4v) is 3.06. The lowest BCUT2D eigenvalue weighted by Crippen LogP contribution is -2.32. The van der Waals surface area contributed by atoms with Crippen LogP contribution in [-0.2, 0) is 16.1 Å². The Morgan fingerprint density at radius 3 is 2.96 bits per heavy atom. The molecule has 0 bridgehead atoms. The third-order valence-corrected chi connectivity index (χ3v) is 4.14. The van der Waals surface area contributed by atoms with Crippen LogP contribution in [0.4, 0.5) is 4.39 Å². The van der Waals surface area contributed by atoms with Crippen molar-refractivity contribution in [3.8, 4) is 0 Å². The smallest absolute Gasteiger partial charge is 0.328 e. The van der Waals surface area contributed by atoms with Crippen LogP contribution in [0.25, 0.3) is 0 Å². The number of ether oxygens (including phenoxy) is 1. The zero-order chi connectivity index (χ0) is 17.1. The van der Waals surface area contributed by atoms with Crippen molar-refractivity contribution in [2.45, 2.75) is 12.6 Å². The summed E-state index contributed by atoms with van der Waals surface area (Å²) in [5.74, 6) is -0.413. The quantitative estimate of drug-likeness (QED) is 0.844. The van der Waals surface area contributed by atoms with Gasteiger partial charge in [-0.1, -0.05) is 24.3 Å². The highest BCUT2D eigenvalue weighted by molar-refractivity contribution is 5.80. The highest BCUT2D eigenvalue weighted by atomic mass is 19.1. The Labute approximate surface area is 139 Å². The zero-order valence-corrected chi connectivity index (χ0v) is 13.2. The molecular formula is C19H18FNO3. The van der Waals surface area contributed by atoms with E-state index in [2.05, 4.69) is 4.90 Å². The number of hydrogen-bond donors (Lipinski definition) is 1. The highest BCUT2D eigenvalue weighted by Gasteiger charge is 2.32. The van der Waals surface area contributed by atoms with Crippen LogP contribution >= 0.6 is 0 Å². The van der Waals surface area contributed by atoms with Gasteiger partial charge in [-0.3, -0.25) is 0 Å². The Hall–Kier alpha value is -2.82. The van der Waals surface area contributed by atoms with E-state index in [4.69, 9.17) is 9.84 Å². The highest BCUT2D eigenvalue weighted by Crippen LogP contribution is 2.35. The lowest BCUT2D eigenvalue weighted by atomic mass is 9.96. The molecule has 3 rings (SSSR count). The molecule has 1 aliphatic carbocycles. The van der Waals surface area contributed by atoms with E-state index < -0.39 is 5.97 Å². The van der Waals surface area contributed by atoms with Crippen LogP contribution in [0.15, 0.2) is 72.2 Å². The number of nitrogens with zero attached hydrogens (tertiary/aromatic N) is 1. The number of carboxylic acids is 1. The van der Waals surface area contributed by atoms with Gasteiger partial charge in [0.25, 0.3) is 0 Å². The second kappa shape index (κ2) is 6.74. The van der Waals surface area contributed by atoms with Gasteiger partial charge in [0.1, 0.15) is 11.6 Å². The molecule has 1 aliphatic heterocycles. The van der Waals surface area contributed by atoms with Crippen molar-refractivity contribution in [1.29, 1.82) is 0 Å². The summed E-state index contributed by atoms with van der Waals surface area (Å²) in [7, 11) is 1.62. The van der Waals surface area contributed by atoms with E-state index in [0.29, 0.717) is 6.54 Å². The van der Waals surface area contributed by atoms with Crippen molar-refractivity contribution >= 4 is 5.97 Å². The van der Waals surface area contributed by atoms with E-state index in [0.717, 1.165) is 23.1 Å². The van der Waals surface area contributed by atoms with Crippen LogP contribution in [0.2, 0.25) is 0 Å². The van der Waals surface area contributed by atoms with Crippen molar-refractivity contribution in [3.63, 3.8) is 0 Å². The summed E-state index contributed by atoms with van der Waals surface area (Å²) in [6, 6.07) is 6.49. The molecule has 0 saturated carbocycles. The fraction of sp³-hybridized carbons (Fsp3) is 0.211. The van der Waals surface area contributed by atoms with E-state index in [-0.39, 0.29) is 17.8 Å². The molecule has 1 aromatic carbocycles. The van der Waals surface area contributed by atoms with Gasteiger partial charge in [-0.15, -0.1) is 0 Å². The number of rotatable bonds is 5. The Kier molecular flexibility index (Phi) is 4.51.